The number of carbonyl (C=O) groups excluding carboxylic acids is 1. The van der Waals surface area contributed by atoms with E-state index in [-0.39, 0.29) is 9.77 Å². The van der Waals surface area contributed by atoms with Crippen molar-refractivity contribution in [3.63, 3.8) is 0 Å². The minimum absolute atomic E-state index is 0.0757. The Balaban J connectivity index is 1.72. The molecular formula is C15H22N2O4S2. The Kier molecular flexibility index (Phi) is 5.05. The van der Waals surface area contributed by atoms with Gasteiger partial charge in [0.25, 0.3) is 0 Å². The lowest BCUT2D eigenvalue weighted by Crippen LogP contribution is -2.43. The largest absolute Gasteiger partial charge is 0.465 e. The number of hydrogen-bond donors (Lipinski definition) is 1. The first-order valence-corrected chi connectivity index (χ1v) is 10.3. The van der Waals surface area contributed by atoms with Crippen molar-refractivity contribution in [1.29, 1.82) is 0 Å². The molecule has 8 heteroatoms. The zero-order chi connectivity index (χ0) is 16.4. The molecule has 0 aromatic carbocycles. The molecule has 0 saturated carbocycles. The lowest BCUT2D eigenvalue weighted by molar-refractivity contribution is 0.0602. The number of hydrogen-bond acceptors (Lipinski definition) is 6. The molecule has 0 bridgehead atoms. The normalized spacial score (nSPS) is 24.0. The second kappa shape index (κ2) is 6.88. The Morgan fingerprint density at radius 1 is 1.35 bits per heavy atom. The standard InChI is InChI=1S/C15H22N2O4S2/c1-21-15(18)14-13(6-10-22-14)23(19,20)17-8-4-11(5-9-17)12-3-2-7-16-12/h6,10-12,16H,2-5,7-9H2,1H3. The second-order valence-electron chi connectivity index (χ2n) is 6.05. The molecule has 2 fully saturated rings. The predicted octanol–water partition coefficient (Wildman–Crippen LogP) is 1.69. The van der Waals surface area contributed by atoms with E-state index in [0.717, 1.165) is 30.7 Å². The van der Waals surface area contributed by atoms with E-state index < -0.39 is 16.0 Å². The van der Waals surface area contributed by atoms with E-state index in [2.05, 4.69) is 10.1 Å². The highest BCUT2D eigenvalue weighted by Crippen LogP contribution is 2.31. The van der Waals surface area contributed by atoms with E-state index in [4.69, 9.17) is 0 Å². The molecule has 0 radical (unpaired) electrons. The molecule has 3 rings (SSSR count). The second-order valence-corrected chi connectivity index (χ2v) is 8.87. The first-order chi connectivity index (χ1) is 11.0. The molecule has 1 aromatic rings. The van der Waals surface area contributed by atoms with Gasteiger partial charge in [-0.2, -0.15) is 4.31 Å². The molecule has 6 nitrogen and oxygen atoms in total. The van der Waals surface area contributed by atoms with Crippen molar-refractivity contribution in [2.24, 2.45) is 5.92 Å². The number of carbonyl (C=O) groups is 1. The van der Waals surface area contributed by atoms with Crippen LogP contribution in [0.3, 0.4) is 0 Å². The third-order valence-electron chi connectivity index (χ3n) is 4.78. The third-order valence-corrected chi connectivity index (χ3v) is 7.75. The van der Waals surface area contributed by atoms with Gasteiger partial charge >= 0.3 is 5.97 Å². The Morgan fingerprint density at radius 3 is 2.70 bits per heavy atom. The zero-order valence-electron chi connectivity index (χ0n) is 13.2. The van der Waals surface area contributed by atoms with E-state index in [1.165, 1.54) is 30.3 Å². The van der Waals surface area contributed by atoms with E-state index in [1.54, 1.807) is 5.38 Å². The molecule has 0 amide bonds. The summed E-state index contributed by atoms with van der Waals surface area (Å²) in [5.74, 6) is -0.0462. The first-order valence-electron chi connectivity index (χ1n) is 7.93. The SMILES string of the molecule is COC(=O)c1sccc1S(=O)(=O)N1CCC(C2CCCN2)CC1. The van der Waals surface area contributed by atoms with Crippen molar-refractivity contribution in [3.8, 4) is 0 Å². The third kappa shape index (κ3) is 3.31. The molecule has 1 aromatic heterocycles. The van der Waals surface area contributed by atoms with Crippen molar-refractivity contribution in [1.82, 2.24) is 9.62 Å². The van der Waals surface area contributed by atoms with Crippen molar-refractivity contribution >= 4 is 27.3 Å². The number of methoxy groups -OCH3 is 1. The summed E-state index contributed by atoms with van der Waals surface area (Å²) >= 11 is 1.10. The number of piperidine rings is 1. The van der Waals surface area contributed by atoms with Crippen LogP contribution in [0, 0.1) is 5.92 Å². The van der Waals surface area contributed by atoms with Crippen LogP contribution in [0.25, 0.3) is 0 Å². The maximum atomic E-state index is 12.8. The van der Waals surface area contributed by atoms with Crippen molar-refractivity contribution < 1.29 is 17.9 Å². The molecule has 1 N–H and O–H groups in total. The first kappa shape index (κ1) is 16.9. The zero-order valence-corrected chi connectivity index (χ0v) is 14.8. The quantitative estimate of drug-likeness (QED) is 0.829. The summed E-state index contributed by atoms with van der Waals surface area (Å²) in [7, 11) is -2.37. The van der Waals surface area contributed by atoms with Gasteiger partial charge in [0.1, 0.15) is 9.77 Å². The molecule has 0 aliphatic carbocycles. The van der Waals surface area contributed by atoms with Gasteiger partial charge in [-0.15, -0.1) is 11.3 Å². The molecule has 2 saturated heterocycles. The fourth-order valence-corrected chi connectivity index (χ4v) is 6.29. The van der Waals surface area contributed by atoms with Crippen LogP contribution in [0.4, 0.5) is 0 Å². The molecule has 3 heterocycles. The summed E-state index contributed by atoms with van der Waals surface area (Å²) in [5.41, 5.74) is 0. The fraction of sp³-hybridized carbons (Fsp3) is 0.667. The molecule has 128 valence electrons. The topological polar surface area (TPSA) is 75.7 Å². The van der Waals surface area contributed by atoms with Gasteiger partial charge in [0.05, 0.1) is 7.11 Å². The summed E-state index contributed by atoms with van der Waals surface area (Å²) in [6.45, 7) is 2.10. The van der Waals surface area contributed by atoms with Gasteiger partial charge in [-0.3, -0.25) is 0 Å². The lowest BCUT2D eigenvalue weighted by atomic mass is 9.89. The van der Waals surface area contributed by atoms with E-state index in [1.807, 2.05) is 0 Å². The van der Waals surface area contributed by atoms with Gasteiger partial charge in [0, 0.05) is 19.1 Å². The highest BCUT2D eigenvalue weighted by molar-refractivity contribution is 7.89. The van der Waals surface area contributed by atoms with Crippen LogP contribution < -0.4 is 5.32 Å². The Hall–Kier alpha value is -0.960. The van der Waals surface area contributed by atoms with E-state index in [0.29, 0.717) is 25.0 Å². The number of thiophene rings is 1. The van der Waals surface area contributed by atoms with Gasteiger partial charge < -0.3 is 10.1 Å². The van der Waals surface area contributed by atoms with Crippen molar-refractivity contribution in [3.05, 3.63) is 16.3 Å². The Morgan fingerprint density at radius 2 is 2.09 bits per heavy atom. The molecular weight excluding hydrogens is 336 g/mol. The molecule has 23 heavy (non-hydrogen) atoms. The van der Waals surface area contributed by atoms with Gasteiger partial charge in [-0.1, -0.05) is 0 Å². The highest BCUT2D eigenvalue weighted by atomic mass is 32.2. The Bertz CT molecular complexity index is 657. The van der Waals surface area contributed by atoms with Crippen LogP contribution in [0.2, 0.25) is 0 Å². The summed E-state index contributed by atoms with van der Waals surface area (Å²) in [5, 5.41) is 5.13. The van der Waals surface area contributed by atoms with Gasteiger partial charge in [-0.25, -0.2) is 13.2 Å². The molecule has 2 aliphatic rings. The number of esters is 1. The van der Waals surface area contributed by atoms with Gasteiger partial charge in [-0.05, 0) is 49.6 Å². The monoisotopic (exact) mass is 358 g/mol. The average Bonchev–Trinajstić information content (AvgIpc) is 3.25. The van der Waals surface area contributed by atoms with E-state index in [9.17, 15) is 13.2 Å². The summed E-state index contributed by atoms with van der Waals surface area (Å²) in [4.78, 5) is 12.0. The van der Waals surface area contributed by atoms with Crippen LogP contribution in [0.5, 0.6) is 0 Å². The summed E-state index contributed by atoms with van der Waals surface area (Å²) in [6.07, 6.45) is 4.14. The highest BCUT2D eigenvalue weighted by Gasteiger charge is 2.35. The number of nitrogens with zero attached hydrogens (tertiary/aromatic N) is 1. The van der Waals surface area contributed by atoms with Gasteiger partial charge in [0.15, 0.2) is 0 Å². The molecule has 0 spiro atoms. The smallest absolute Gasteiger partial charge is 0.349 e. The van der Waals surface area contributed by atoms with Gasteiger partial charge in [0.2, 0.25) is 10.0 Å². The predicted molar refractivity (Wildman–Crippen MR) is 88.2 cm³/mol. The fourth-order valence-electron chi connectivity index (χ4n) is 3.51. The average molecular weight is 358 g/mol. The maximum Gasteiger partial charge on any atom is 0.349 e. The van der Waals surface area contributed by atoms with Crippen molar-refractivity contribution in [2.45, 2.75) is 36.6 Å². The van der Waals surface area contributed by atoms with Crippen LogP contribution in [0.15, 0.2) is 16.3 Å². The summed E-state index contributed by atoms with van der Waals surface area (Å²) in [6, 6.07) is 2.03. The number of ether oxygens (including phenoxy) is 1. The van der Waals surface area contributed by atoms with Crippen molar-refractivity contribution in [2.75, 3.05) is 26.7 Å². The maximum absolute atomic E-state index is 12.8. The minimum atomic E-state index is -3.63. The van der Waals surface area contributed by atoms with Crippen LogP contribution in [0.1, 0.15) is 35.4 Å². The Labute approximate surface area is 140 Å². The number of rotatable bonds is 4. The van der Waals surface area contributed by atoms with Crippen LogP contribution in [-0.4, -0.2) is 51.5 Å². The molecule has 1 atom stereocenters. The van der Waals surface area contributed by atoms with Crippen LogP contribution in [-0.2, 0) is 14.8 Å². The molecule has 1 unspecified atom stereocenters. The minimum Gasteiger partial charge on any atom is -0.465 e. The molecule has 2 aliphatic heterocycles. The summed E-state index contributed by atoms with van der Waals surface area (Å²) < 4.78 is 31.8. The van der Waals surface area contributed by atoms with Crippen LogP contribution >= 0.6 is 11.3 Å². The van der Waals surface area contributed by atoms with E-state index >= 15 is 0 Å². The number of sulfonamides is 1. The lowest BCUT2D eigenvalue weighted by Gasteiger charge is -2.34. The number of nitrogens with one attached hydrogen (secondary N) is 1.